The van der Waals surface area contributed by atoms with Gasteiger partial charge in [-0.15, -0.1) is 0 Å². The van der Waals surface area contributed by atoms with Crippen molar-refractivity contribution in [1.29, 1.82) is 0 Å². The van der Waals surface area contributed by atoms with E-state index in [1.54, 1.807) is 0 Å². The fourth-order valence-electron chi connectivity index (χ4n) is 2.77. The van der Waals surface area contributed by atoms with Crippen molar-refractivity contribution in [2.75, 3.05) is 26.0 Å². The summed E-state index contributed by atoms with van der Waals surface area (Å²) in [5, 5.41) is 4.09. The third-order valence-corrected chi connectivity index (χ3v) is 3.85. The van der Waals surface area contributed by atoms with Crippen LogP contribution < -0.4 is 5.32 Å². The van der Waals surface area contributed by atoms with Crippen LogP contribution in [0.15, 0.2) is 66.9 Å². The number of rotatable bonds is 5. The van der Waals surface area contributed by atoms with Crippen molar-refractivity contribution in [3.8, 4) is 11.1 Å². The number of carbonyl (C=O) groups excluding carboxylic acids is 1. The highest BCUT2D eigenvalue weighted by Gasteiger charge is 2.10. The first-order valence-corrected chi connectivity index (χ1v) is 7.85. The third kappa shape index (κ3) is 3.39. The maximum Gasteiger partial charge on any atom is 0.252 e. The lowest BCUT2D eigenvalue weighted by molar-refractivity contribution is -0.113. The third-order valence-electron chi connectivity index (χ3n) is 3.85. The molecule has 24 heavy (non-hydrogen) atoms. The van der Waals surface area contributed by atoms with Crippen LogP contribution in [0.2, 0.25) is 0 Å². The minimum Gasteiger partial charge on any atom is -0.361 e. The highest BCUT2D eigenvalue weighted by atomic mass is 16.1. The van der Waals surface area contributed by atoms with Crippen LogP contribution in [0.5, 0.6) is 0 Å². The van der Waals surface area contributed by atoms with Gasteiger partial charge in [0.25, 0.3) is 5.91 Å². The molecule has 1 amide bonds. The topological polar surface area (TPSA) is 48.1 Å². The molecule has 122 valence electrons. The molecule has 0 aliphatic heterocycles. The number of hydrogen-bond acceptors (Lipinski definition) is 2. The lowest BCUT2D eigenvalue weighted by Gasteiger charge is -2.13. The lowest BCUT2D eigenvalue weighted by atomic mass is 10.0. The first kappa shape index (κ1) is 16.0. The van der Waals surface area contributed by atoms with Crippen molar-refractivity contribution >= 4 is 22.5 Å². The Kier molecular flexibility index (Phi) is 4.49. The molecule has 1 aromatic heterocycles. The number of carbonyl (C=O) groups is 1. The Labute approximate surface area is 141 Å². The summed E-state index contributed by atoms with van der Waals surface area (Å²) in [6, 6.07) is 16.1. The quantitative estimate of drug-likeness (QED) is 0.701. The zero-order valence-corrected chi connectivity index (χ0v) is 14.0. The predicted octanol–water partition coefficient (Wildman–Crippen LogP) is 3.89. The molecule has 0 aliphatic rings. The SMILES string of the molecule is C=C(CN(C)C)C(=O)Nc1cccc(-c2cccc3[nH]ccc23)c1. The van der Waals surface area contributed by atoms with Crippen LogP contribution in [-0.2, 0) is 4.79 Å². The second kappa shape index (κ2) is 6.72. The van der Waals surface area contributed by atoms with Gasteiger partial charge in [0.1, 0.15) is 0 Å². The summed E-state index contributed by atoms with van der Waals surface area (Å²) in [6.07, 6.45) is 1.94. The van der Waals surface area contributed by atoms with Crippen molar-refractivity contribution in [3.05, 3.63) is 66.9 Å². The van der Waals surface area contributed by atoms with Crippen molar-refractivity contribution in [2.24, 2.45) is 0 Å². The summed E-state index contributed by atoms with van der Waals surface area (Å²) in [5.41, 5.74) is 4.61. The Bertz CT molecular complexity index is 893. The molecule has 2 aromatic carbocycles. The Morgan fingerprint density at radius 1 is 1.17 bits per heavy atom. The fraction of sp³-hybridized carbons (Fsp3) is 0.150. The van der Waals surface area contributed by atoms with Crippen LogP contribution in [0.4, 0.5) is 5.69 Å². The summed E-state index contributed by atoms with van der Waals surface area (Å²) in [7, 11) is 3.83. The van der Waals surface area contributed by atoms with E-state index in [0.717, 1.165) is 27.7 Å². The molecule has 0 aliphatic carbocycles. The molecular formula is C20H21N3O. The van der Waals surface area contributed by atoms with Crippen molar-refractivity contribution in [3.63, 3.8) is 0 Å². The molecule has 0 unspecified atom stereocenters. The summed E-state index contributed by atoms with van der Waals surface area (Å²) >= 11 is 0. The molecule has 0 bridgehead atoms. The summed E-state index contributed by atoms with van der Waals surface area (Å²) < 4.78 is 0. The normalized spacial score (nSPS) is 11.0. The van der Waals surface area contributed by atoms with Crippen LogP contribution in [0, 0.1) is 0 Å². The average molecular weight is 319 g/mol. The van der Waals surface area contributed by atoms with E-state index in [1.165, 1.54) is 0 Å². The molecule has 2 N–H and O–H groups in total. The zero-order chi connectivity index (χ0) is 17.1. The number of aromatic amines is 1. The maximum absolute atomic E-state index is 12.2. The van der Waals surface area contributed by atoms with E-state index in [0.29, 0.717) is 12.1 Å². The molecule has 0 atom stereocenters. The molecule has 1 heterocycles. The monoisotopic (exact) mass is 319 g/mol. The van der Waals surface area contributed by atoms with Crippen LogP contribution in [0.3, 0.4) is 0 Å². The van der Waals surface area contributed by atoms with Gasteiger partial charge in [-0.3, -0.25) is 4.79 Å². The van der Waals surface area contributed by atoms with Gasteiger partial charge in [0.05, 0.1) is 0 Å². The summed E-state index contributed by atoms with van der Waals surface area (Å²) in [6.45, 7) is 4.38. The van der Waals surface area contributed by atoms with Gasteiger partial charge in [-0.25, -0.2) is 0 Å². The van der Waals surface area contributed by atoms with Gasteiger partial charge >= 0.3 is 0 Å². The smallest absolute Gasteiger partial charge is 0.252 e. The van der Waals surface area contributed by atoms with E-state index in [9.17, 15) is 4.79 Å². The van der Waals surface area contributed by atoms with Gasteiger partial charge in [0.2, 0.25) is 0 Å². The zero-order valence-electron chi connectivity index (χ0n) is 14.0. The van der Waals surface area contributed by atoms with E-state index in [4.69, 9.17) is 0 Å². The summed E-state index contributed by atoms with van der Waals surface area (Å²) in [4.78, 5) is 17.4. The fourth-order valence-corrected chi connectivity index (χ4v) is 2.77. The Balaban J connectivity index is 1.86. The molecule has 0 saturated heterocycles. The van der Waals surface area contributed by atoms with Gasteiger partial charge in [-0.2, -0.15) is 0 Å². The molecular weight excluding hydrogens is 298 g/mol. The standard InChI is InChI=1S/C20H21N3O/c1-14(13-23(2)3)20(24)22-16-7-4-6-15(12-16)17-8-5-9-19-18(17)10-11-21-19/h4-12,21H,1,13H2,2-3H3,(H,22,24). The number of anilines is 1. The van der Waals surface area contributed by atoms with Gasteiger partial charge in [-0.05, 0) is 49.5 Å². The molecule has 0 saturated carbocycles. The first-order chi connectivity index (χ1) is 11.5. The number of benzene rings is 2. The highest BCUT2D eigenvalue weighted by molar-refractivity contribution is 6.04. The number of H-pyrrole nitrogens is 1. The second-order valence-corrected chi connectivity index (χ2v) is 6.12. The second-order valence-electron chi connectivity index (χ2n) is 6.12. The van der Waals surface area contributed by atoms with Gasteiger partial charge in [0.15, 0.2) is 0 Å². The van der Waals surface area contributed by atoms with Gasteiger partial charge in [0, 0.05) is 34.9 Å². The van der Waals surface area contributed by atoms with E-state index in [2.05, 4.69) is 35.1 Å². The number of aromatic nitrogens is 1. The first-order valence-electron chi connectivity index (χ1n) is 7.85. The average Bonchev–Trinajstić information content (AvgIpc) is 3.03. The van der Waals surface area contributed by atoms with Crippen LogP contribution in [-0.4, -0.2) is 36.4 Å². The predicted molar refractivity (Wildman–Crippen MR) is 100 cm³/mol. The number of likely N-dealkylation sites (N-methyl/N-ethyl adjacent to an activating group) is 1. The van der Waals surface area contributed by atoms with Gasteiger partial charge in [-0.1, -0.05) is 30.8 Å². The van der Waals surface area contributed by atoms with Crippen LogP contribution in [0.1, 0.15) is 0 Å². The van der Waals surface area contributed by atoms with E-state index >= 15 is 0 Å². The van der Waals surface area contributed by atoms with E-state index in [1.807, 2.05) is 55.5 Å². The largest absolute Gasteiger partial charge is 0.361 e. The molecule has 4 nitrogen and oxygen atoms in total. The highest BCUT2D eigenvalue weighted by Crippen LogP contribution is 2.29. The van der Waals surface area contributed by atoms with E-state index in [-0.39, 0.29) is 5.91 Å². The van der Waals surface area contributed by atoms with Crippen LogP contribution >= 0.6 is 0 Å². The molecule has 0 radical (unpaired) electrons. The number of hydrogen-bond donors (Lipinski definition) is 2. The minimum absolute atomic E-state index is 0.152. The molecule has 0 fully saturated rings. The van der Waals surface area contributed by atoms with E-state index < -0.39 is 0 Å². The van der Waals surface area contributed by atoms with Crippen molar-refractivity contribution < 1.29 is 4.79 Å². The van der Waals surface area contributed by atoms with Crippen molar-refractivity contribution in [2.45, 2.75) is 0 Å². The maximum atomic E-state index is 12.2. The number of nitrogens with one attached hydrogen (secondary N) is 2. The van der Waals surface area contributed by atoms with Crippen LogP contribution in [0.25, 0.3) is 22.0 Å². The molecule has 0 spiro atoms. The Morgan fingerprint density at radius 2 is 1.96 bits per heavy atom. The Hall–Kier alpha value is -2.85. The minimum atomic E-state index is -0.152. The number of amides is 1. The lowest BCUT2D eigenvalue weighted by Crippen LogP contribution is -2.23. The Morgan fingerprint density at radius 3 is 2.75 bits per heavy atom. The van der Waals surface area contributed by atoms with Crippen molar-refractivity contribution in [1.82, 2.24) is 9.88 Å². The molecule has 3 rings (SSSR count). The number of nitrogens with zero attached hydrogens (tertiary/aromatic N) is 1. The molecule has 4 heteroatoms. The molecule has 3 aromatic rings. The summed E-state index contributed by atoms with van der Waals surface area (Å²) in [5.74, 6) is -0.152. The van der Waals surface area contributed by atoms with Gasteiger partial charge < -0.3 is 15.2 Å². The number of fused-ring (bicyclic) bond motifs is 1.